The normalized spacial score (nSPS) is 11.9. The Morgan fingerprint density at radius 3 is 2.44 bits per heavy atom. The van der Waals surface area contributed by atoms with Crippen LogP contribution in [-0.4, -0.2) is 38.9 Å². The van der Waals surface area contributed by atoms with Crippen LogP contribution in [0.15, 0.2) is 12.3 Å². The van der Waals surface area contributed by atoms with Crippen molar-refractivity contribution in [3.8, 4) is 6.07 Å². The maximum Gasteiger partial charge on any atom is 0.340 e. The number of aromatic amines is 1. The lowest BCUT2D eigenvalue weighted by Gasteiger charge is -2.11. The Morgan fingerprint density at radius 2 is 1.89 bits per heavy atom. The van der Waals surface area contributed by atoms with Crippen molar-refractivity contribution in [2.45, 2.75) is 27.3 Å². The van der Waals surface area contributed by atoms with Crippen molar-refractivity contribution in [1.82, 2.24) is 14.8 Å². The van der Waals surface area contributed by atoms with Crippen molar-refractivity contribution < 1.29 is 27.9 Å². The summed E-state index contributed by atoms with van der Waals surface area (Å²) in [6, 6.07) is 2.53. The molecule has 0 aliphatic rings. The van der Waals surface area contributed by atoms with E-state index < -0.39 is 35.7 Å². The molecule has 27 heavy (non-hydrogen) atoms. The molecule has 142 valence electrons. The molecule has 0 amide bonds. The molecule has 2 rings (SSSR count). The highest BCUT2D eigenvalue weighted by atomic mass is 19.3. The number of hydrogen-bond acceptors (Lipinski definition) is 6. The van der Waals surface area contributed by atoms with Gasteiger partial charge in [-0.25, -0.2) is 9.48 Å². The van der Waals surface area contributed by atoms with Crippen LogP contribution in [0.1, 0.15) is 56.1 Å². The van der Waals surface area contributed by atoms with Gasteiger partial charge in [-0.05, 0) is 26.8 Å². The van der Waals surface area contributed by atoms with E-state index >= 15 is 0 Å². The highest BCUT2D eigenvalue weighted by molar-refractivity contribution is 6.20. The lowest BCUT2D eigenvalue weighted by molar-refractivity contribution is 0.0505. The molecule has 8 nitrogen and oxygen atoms in total. The molecule has 2 aromatic heterocycles. The Kier molecular flexibility index (Phi) is 5.85. The summed E-state index contributed by atoms with van der Waals surface area (Å²) in [7, 11) is 0. The van der Waals surface area contributed by atoms with Gasteiger partial charge in [-0.1, -0.05) is 0 Å². The molecule has 0 spiro atoms. The van der Waals surface area contributed by atoms with Crippen LogP contribution in [0, 0.1) is 31.1 Å². The van der Waals surface area contributed by atoms with E-state index in [0.29, 0.717) is 5.69 Å². The number of aryl methyl sites for hydroxylation is 2. The van der Waals surface area contributed by atoms with Gasteiger partial charge in [-0.15, -0.1) is 0 Å². The maximum atomic E-state index is 12.9. The van der Waals surface area contributed by atoms with Gasteiger partial charge >= 0.3 is 12.5 Å². The minimum absolute atomic E-state index is 0.0598. The number of carbonyl (C=O) groups is 3. The van der Waals surface area contributed by atoms with Crippen molar-refractivity contribution in [2.75, 3.05) is 6.61 Å². The predicted octanol–water partition coefficient (Wildman–Crippen LogP) is 2.61. The quantitative estimate of drug-likeness (QED) is 0.449. The van der Waals surface area contributed by atoms with E-state index in [9.17, 15) is 28.4 Å². The minimum atomic E-state index is -3.11. The van der Waals surface area contributed by atoms with E-state index in [1.54, 1.807) is 6.92 Å². The van der Waals surface area contributed by atoms with Crippen molar-refractivity contribution in [3.05, 3.63) is 40.5 Å². The molecule has 0 radical (unpaired) electrons. The first-order valence-electron chi connectivity index (χ1n) is 7.90. The van der Waals surface area contributed by atoms with Crippen LogP contribution in [0.4, 0.5) is 8.78 Å². The zero-order valence-electron chi connectivity index (χ0n) is 14.7. The van der Waals surface area contributed by atoms with Gasteiger partial charge in [0.25, 0.3) is 0 Å². The smallest absolute Gasteiger partial charge is 0.340 e. The molecule has 1 unspecified atom stereocenters. The van der Waals surface area contributed by atoms with E-state index in [0.717, 1.165) is 12.3 Å². The van der Waals surface area contributed by atoms with Crippen molar-refractivity contribution in [2.24, 2.45) is 5.92 Å². The lowest BCUT2D eigenvalue weighted by atomic mass is 9.91. The first-order chi connectivity index (χ1) is 12.7. The Morgan fingerprint density at radius 1 is 1.26 bits per heavy atom. The number of H-pyrrole nitrogens is 1. The van der Waals surface area contributed by atoms with Gasteiger partial charge in [-0.2, -0.15) is 19.1 Å². The molecule has 0 fully saturated rings. The van der Waals surface area contributed by atoms with Gasteiger partial charge in [0.1, 0.15) is 5.69 Å². The third kappa shape index (κ3) is 3.62. The average Bonchev–Trinajstić information content (AvgIpc) is 3.19. The molecule has 0 aliphatic carbocycles. The highest BCUT2D eigenvalue weighted by Gasteiger charge is 2.36. The second kappa shape index (κ2) is 7.90. The third-order valence-electron chi connectivity index (χ3n) is 3.86. The summed E-state index contributed by atoms with van der Waals surface area (Å²) in [6.07, 6.45) is 0.966. The Hall–Kier alpha value is -3.35. The van der Waals surface area contributed by atoms with E-state index in [1.807, 2.05) is 0 Å². The fraction of sp³-hybridized carbons (Fsp3) is 0.353. The highest BCUT2D eigenvalue weighted by Crippen LogP contribution is 2.25. The minimum Gasteiger partial charge on any atom is -0.462 e. The molecule has 10 heteroatoms. The predicted molar refractivity (Wildman–Crippen MR) is 87.5 cm³/mol. The first-order valence-corrected chi connectivity index (χ1v) is 7.90. The number of ether oxygens (including phenoxy) is 1. The maximum absolute atomic E-state index is 12.9. The Balaban J connectivity index is 2.50. The van der Waals surface area contributed by atoms with Crippen molar-refractivity contribution in [3.63, 3.8) is 0 Å². The van der Waals surface area contributed by atoms with E-state index in [1.165, 1.54) is 19.9 Å². The number of aromatic nitrogens is 3. The first kappa shape index (κ1) is 20.0. The summed E-state index contributed by atoms with van der Waals surface area (Å²) in [5, 5.41) is 12.7. The Bertz CT molecular complexity index is 939. The standard InChI is InChI=1S/C17H16F2N4O4/c1-4-27-16(26)13-9(3)22-8(2)12(13)15(25)10(7-20)14(24)11-5-6-21-23(11)17(18)19/h5-6,10,17,22H,4H2,1-3H3. The molecule has 0 aliphatic heterocycles. The number of ketones is 2. The molecule has 1 N–H and O–H groups in total. The fourth-order valence-corrected chi connectivity index (χ4v) is 2.74. The molecule has 0 bridgehead atoms. The molecule has 1 atom stereocenters. The number of nitrogens with zero attached hydrogens (tertiary/aromatic N) is 3. The third-order valence-corrected chi connectivity index (χ3v) is 3.86. The summed E-state index contributed by atoms with van der Waals surface area (Å²) in [6.45, 7) is 1.56. The van der Waals surface area contributed by atoms with Crippen LogP contribution in [0.5, 0.6) is 0 Å². The number of hydrogen-bond donors (Lipinski definition) is 1. The van der Waals surface area contributed by atoms with Gasteiger partial charge in [-0.3, -0.25) is 9.59 Å². The summed E-state index contributed by atoms with van der Waals surface area (Å²) in [5.74, 6) is -4.81. The van der Waals surface area contributed by atoms with E-state index in [4.69, 9.17) is 4.74 Å². The number of Topliss-reactive ketones (excluding diaryl/α,β-unsaturated/α-hetero) is 2. The van der Waals surface area contributed by atoms with Crippen molar-refractivity contribution >= 4 is 17.5 Å². The second-order valence-corrected chi connectivity index (χ2v) is 5.57. The van der Waals surface area contributed by atoms with Crippen LogP contribution in [0.3, 0.4) is 0 Å². The molecular weight excluding hydrogens is 362 g/mol. The Labute approximate surface area is 152 Å². The molecule has 0 saturated carbocycles. The average molecular weight is 378 g/mol. The summed E-state index contributed by atoms with van der Waals surface area (Å²) < 4.78 is 30.9. The molecule has 2 aromatic rings. The van der Waals surface area contributed by atoms with Gasteiger partial charge < -0.3 is 9.72 Å². The topological polar surface area (TPSA) is 118 Å². The number of carbonyl (C=O) groups excluding carboxylic acids is 3. The summed E-state index contributed by atoms with van der Waals surface area (Å²) in [4.78, 5) is 40.4. The van der Waals surface area contributed by atoms with Gasteiger partial charge in [0.15, 0.2) is 11.7 Å². The van der Waals surface area contributed by atoms with Crippen LogP contribution in [0.2, 0.25) is 0 Å². The number of rotatable bonds is 7. The molecular formula is C17H16F2N4O4. The van der Waals surface area contributed by atoms with Gasteiger partial charge in [0.05, 0.1) is 23.8 Å². The zero-order chi connectivity index (χ0) is 20.3. The SMILES string of the molecule is CCOC(=O)c1c(C)[nH]c(C)c1C(=O)C(C#N)C(=O)c1ccnn1C(F)F. The number of halogens is 2. The van der Waals surface area contributed by atoms with Crippen LogP contribution in [0.25, 0.3) is 0 Å². The monoisotopic (exact) mass is 378 g/mol. The largest absolute Gasteiger partial charge is 0.462 e. The van der Waals surface area contributed by atoms with E-state index in [2.05, 4.69) is 10.1 Å². The molecule has 0 aromatic carbocycles. The van der Waals surface area contributed by atoms with Gasteiger partial charge in [0, 0.05) is 17.6 Å². The van der Waals surface area contributed by atoms with Gasteiger partial charge in [0.2, 0.25) is 5.78 Å². The summed E-state index contributed by atoms with van der Waals surface area (Å²) in [5.41, 5.74) is -0.247. The number of nitrogens with one attached hydrogen (secondary N) is 1. The van der Waals surface area contributed by atoms with E-state index in [-0.39, 0.29) is 28.1 Å². The van der Waals surface area contributed by atoms with Crippen molar-refractivity contribution in [1.29, 1.82) is 5.26 Å². The number of esters is 1. The molecule has 2 heterocycles. The van der Waals surface area contributed by atoms with Crippen LogP contribution < -0.4 is 0 Å². The lowest BCUT2D eigenvalue weighted by Crippen LogP contribution is -2.27. The number of nitriles is 1. The second-order valence-electron chi connectivity index (χ2n) is 5.57. The zero-order valence-corrected chi connectivity index (χ0v) is 14.7. The number of alkyl halides is 2. The molecule has 0 saturated heterocycles. The fourth-order valence-electron chi connectivity index (χ4n) is 2.74. The van der Waals surface area contributed by atoms with Crippen LogP contribution in [-0.2, 0) is 4.74 Å². The summed E-state index contributed by atoms with van der Waals surface area (Å²) >= 11 is 0. The van der Waals surface area contributed by atoms with Crippen LogP contribution >= 0.6 is 0 Å².